The number of amides is 1. The first-order valence-electron chi connectivity index (χ1n) is 8.59. The average Bonchev–Trinajstić information content (AvgIpc) is 3.11. The van der Waals surface area contributed by atoms with Crippen molar-refractivity contribution >= 4 is 28.6 Å². The minimum atomic E-state index is -0.723. The van der Waals surface area contributed by atoms with Gasteiger partial charge < -0.3 is 20.4 Å². The Bertz CT molecular complexity index is 1210. The Kier molecular flexibility index (Phi) is 4.78. The van der Waals surface area contributed by atoms with E-state index in [4.69, 9.17) is 4.74 Å². The molecule has 0 aliphatic rings. The molecule has 1 amide bonds. The lowest BCUT2D eigenvalue weighted by Gasteiger charge is -2.06. The molecule has 146 valence electrons. The van der Waals surface area contributed by atoms with Crippen LogP contribution in [0.4, 0.5) is 20.4 Å². The van der Waals surface area contributed by atoms with Crippen LogP contribution in [0.1, 0.15) is 10.5 Å². The highest BCUT2D eigenvalue weighted by Crippen LogP contribution is 2.27. The summed E-state index contributed by atoms with van der Waals surface area (Å²) in [5.41, 5.74) is 1.61. The lowest BCUT2D eigenvalue weighted by molar-refractivity contribution is 0.0958. The van der Waals surface area contributed by atoms with Crippen molar-refractivity contribution in [2.45, 2.75) is 0 Å². The molecule has 2 aromatic carbocycles. The number of nitrogens with zero attached hydrogens (tertiary/aromatic N) is 2. The molecule has 29 heavy (non-hydrogen) atoms. The van der Waals surface area contributed by atoms with Gasteiger partial charge in [0, 0.05) is 31.4 Å². The van der Waals surface area contributed by atoms with Gasteiger partial charge in [0.15, 0.2) is 0 Å². The van der Waals surface area contributed by atoms with Gasteiger partial charge in [0.05, 0.1) is 16.7 Å². The summed E-state index contributed by atoms with van der Waals surface area (Å²) in [7, 11) is 1.52. The molecular weight excluding hydrogens is 380 g/mol. The van der Waals surface area contributed by atoms with Crippen LogP contribution in [0.5, 0.6) is 11.5 Å². The van der Waals surface area contributed by atoms with E-state index in [0.717, 1.165) is 12.1 Å². The number of imidazole rings is 1. The number of aromatic amines is 1. The molecule has 0 spiro atoms. The van der Waals surface area contributed by atoms with E-state index in [1.54, 1.807) is 24.3 Å². The van der Waals surface area contributed by atoms with Crippen LogP contribution < -0.4 is 15.4 Å². The fourth-order valence-electron chi connectivity index (χ4n) is 2.69. The number of hydrogen-bond acceptors (Lipinski definition) is 5. The fraction of sp³-hybridized carbons (Fsp3) is 0.0500. The molecule has 0 aliphatic heterocycles. The predicted octanol–water partition coefficient (Wildman–Crippen LogP) is 4.13. The molecule has 0 fully saturated rings. The second-order valence-electron chi connectivity index (χ2n) is 6.07. The van der Waals surface area contributed by atoms with Gasteiger partial charge >= 0.3 is 0 Å². The predicted molar refractivity (Wildman–Crippen MR) is 103 cm³/mol. The van der Waals surface area contributed by atoms with Gasteiger partial charge in [0.25, 0.3) is 5.91 Å². The molecule has 0 unspecified atom stereocenters. The normalized spacial score (nSPS) is 10.7. The Labute approximate surface area is 163 Å². The third-order valence-electron chi connectivity index (χ3n) is 4.07. The monoisotopic (exact) mass is 395 g/mol. The van der Waals surface area contributed by atoms with Gasteiger partial charge in [-0.1, -0.05) is 0 Å². The van der Waals surface area contributed by atoms with Crippen LogP contribution >= 0.6 is 0 Å². The third-order valence-corrected chi connectivity index (χ3v) is 4.07. The molecule has 2 heterocycles. The Morgan fingerprint density at radius 3 is 2.69 bits per heavy atom. The quantitative estimate of drug-likeness (QED) is 0.473. The first kappa shape index (κ1) is 18.4. The summed E-state index contributed by atoms with van der Waals surface area (Å²) in [6.45, 7) is 0. The van der Waals surface area contributed by atoms with E-state index in [-0.39, 0.29) is 17.3 Å². The maximum absolute atomic E-state index is 13.8. The molecule has 9 heteroatoms. The van der Waals surface area contributed by atoms with Gasteiger partial charge in [-0.3, -0.25) is 9.78 Å². The van der Waals surface area contributed by atoms with Gasteiger partial charge in [-0.05, 0) is 30.3 Å². The zero-order valence-electron chi connectivity index (χ0n) is 15.2. The van der Waals surface area contributed by atoms with E-state index in [1.165, 1.54) is 25.4 Å². The molecule has 4 rings (SSSR count). The SMILES string of the molecule is CNC(=O)c1cc(Oc2ccc3[nH]c(Nc4ccc(F)cc4F)nc3c2)ccn1. The summed E-state index contributed by atoms with van der Waals surface area (Å²) < 4.78 is 32.6. The fourth-order valence-corrected chi connectivity index (χ4v) is 2.69. The lowest BCUT2D eigenvalue weighted by Crippen LogP contribution is -2.18. The first-order valence-corrected chi connectivity index (χ1v) is 8.59. The van der Waals surface area contributed by atoms with Crippen molar-refractivity contribution in [3.05, 3.63) is 72.1 Å². The summed E-state index contributed by atoms with van der Waals surface area (Å²) in [6.07, 6.45) is 1.48. The van der Waals surface area contributed by atoms with Gasteiger partial charge in [-0.15, -0.1) is 0 Å². The molecule has 0 bridgehead atoms. The van der Waals surface area contributed by atoms with Crippen LogP contribution in [0.25, 0.3) is 11.0 Å². The third kappa shape index (κ3) is 3.98. The minimum Gasteiger partial charge on any atom is -0.457 e. The zero-order chi connectivity index (χ0) is 20.4. The number of nitrogens with one attached hydrogen (secondary N) is 3. The van der Waals surface area contributed by atoms with Crippen molar-refractivity contribution in [3.63, 3.8) is 0 Å². The Balaban J connectivity index is 1.56. The highest BCUT2D eigenvalue weighted by molar-refractivity contribution is 5.92. The number of benzene rings is 2. The van der Waals surface area contributed by atoms with Crippen molar-refractivity contribution in [3.8, 4) is 11.5 Å². The zero-order valence-corrected chi connectivity index (χ0v) is 15.2. The number of carbonyl (C=O) groups is 1. The molecule has 4 aromatic rings. The number of fused-ring (bicyclic) bond motifs is 1. The largest absolute Gasteiger partial charge is 0.457 e. The van der Waals surface area contributed by atoms with E-state index >= 15 is 0 Å². The standard InChI is InChI=1S/C20H15F2N5O2/c1-23-19(28)18-10-13(6-7-24-18)29-12-3-5-16-17(9-12)27-20(26-16)25-15-4-2-11(21)8-14(15)22/h2-10H,1H3,(H,23,28)(H2,25,26,27). The highest BCUT2D eigenvalue weighted by atomic mass is 19.1. The van der Waals surface area contributed by atoms with Gasteiger partial charge in [0.1, 0.15) is 28.8 Å². The van der Waals surface area contributed by atoms with Crippen molar-refractivity contribution < 1.29 is 18.3 Å². The van der Waals surface area contributed by atoms with Crippen molar-refractivity contribution in [2.75, 3.05) is 12.4 Å². The minimum absolute atomic E-state index is 0.0976. The second kappa shape index (κ2) is 7.55. The number of carbonyl (C=O) groups excluding carboxylic acids is 1. The van der Waals surface area contributed by atoms with Crippen molar-refractivity contribution in [1.82, 2.24) is 20.3 Å². The second-order valence-corrected chi connectivity index (χ2v) is 6.07. The smallest absolute Gasteiger partial charge is 0.269 e. The van der Waals surface area contributed by atoms with Crippen LogP contribution in [0.15, 0.2) is 54.7 Å². The van der Waals surface area contributed by atoms with E-state index < -0.39 is 11.6 Å². The number of pyridine rings is 1. The molecule has 0 radical (unpaired) electrons. The van der Waals surface area contributed by atoms with E-state index in [9.17, 15) is 13.6 Å². The summed E-state index contributed by atoms with van der Waals surface area (Å²) in [5, 5.41) is 5.28. The van der Waals surface area contributed by atoms with Crippen molar-refractivity contribution in [2.24, 2.45) is 0 Å². The van der Waals surface area contributed by atoms with E-state index in [1.807, 2.05) is 0 Å². The molecule has 3 N–H and O–H groups in total. The van der Waals surface area contributed by atoms with E-state index in [2.05, 4.69) is 25.6 Å². The topological polar surface area (TPSA) is 91.9 Å². The molecular formula is C20H15F2N5O2. The van der Waals surface area contributed by atoms with Crippen LogP contribution in [0, 0.1) is 11.6 Å². The van der Waals surface area contributed by atoms with Crippen LogP contribution in [-0.2, 0) is 0 Å². The molecule has 7 nitrogen and oxygen atoms in total. The summed E-state index contributed by atoms with van der Waals surface area (Å²) in [4.78, 5) is 23.0. The van der Waals surface area contributed by atoms with Gasteiger partial charge in [-0.25, -0.2) is 13.8 Å². The molecule has 0 saturated heterocycles. The van der Waals surface area contributed by atoms with Crippen LogP contribution in [0.2, 0.25) is 0 Å². The number of anilines is 2. The highest BCUT2D eigenvalue weighted by Gasteiger charge is 2.10. The number of H-pyrrole nitrogens is 1. The molecule has 0 saturated carbocycles. The van der Waals surface area contributed by atoms with Gasteiger partial charge in [-0.2, -0.15) is 0 Å². The van der Waals surface area contributed by atoms with Crippen LogP contribution in [0.3, 0.4) is 0 Å². The Morgan fingerprint density at radius 2 is 1.90 bits per heavy atom. The number of aromatic nitrogens is 3. The molecule has 0 aliphatic carbocycles. The maximum Gasteiger partial charge on any atom is 0.269 e. The lowest BCUT2D eigenvalue weighted by atomic mass is 10.3. The number of rotatable bonds is 5. The van der Waals surface area contributed by atoms with Crippen molar-refractivity contribution in [1.29, 1.82) is 0 Å². The van der Waals surface area contributed by atoms with Gasteiger partial charge in [0.2, 0.25) is 5.95 Å². The Morgan fingerprint density at radius 1 is 1.07 bits per heavy atom. The average molecular weight is 395 g/mol. The first-order chi connectivity index (χ1) is 14.0. The number of hydrogen-bond donors (Lipinski definition) is 3. The number of ether oxygens (including phenoxy) is 1. The van der Waals surface area contributed by atoms with Crippen LogP contribution in [-0.4, -0.2) is 27.9 Å². The number of halogens is 2. The maximum atomic E-state index is 13.8. The Hall–Kier alpha value is -4.01. The molecule has 0 atom stereocenters. The molecule has 2 aromatic heterocycles. The summed E-state index contributed by atoms with van der Waals surface area (Å²) >= 11 is 0. The summed E-state index contributed by atoms with van der Waals surface area (Å²) in [5.74, 6) is -0.456. The van der Waals surface area contributed by atoms with E-state index in [0.29, 0.717) is 28.5 Å². The summed E-state index contributed by atoms with van der Waals surface area (Å²) in [6, 6.07) is 11.6.